The highest BCUT2D eigenvalue weighted by Crippen LogP contribution is 2.28. The van der Waals surface area contributed by atoms with Crippen LogP contribution in [0.4, 0.5) is 11.5 Å². The fraction of sp³-hybridized carbons (Fsp3) is 0.0833. The average Bonchev–Trinajstić information content (AvgIpc) is 3.03. The molecule has 94 valence electrons. The lowest BCUT2D eigenvalue weighted by molar-refractivity contribution is -0.115. The van der Waals surface area contributed by atoms with Crippen molar-refractivity contribution in [2.75, 3.05) is 11.1 Å². The Bertz CT molecular complexity index is 819. The zero-order valence-electron chi connectivity index (χ0n) is 9.75. The monoisotopic (exact) mass is 271 g/mol. The first-order valence-electron chi connectivity index (χ1n) is 5.73. The van der Waals surface area contributed by atoms with Gasteiger partial charge in [0.1, 0.15) is 5.82 Å². The lowest BCUT2D eigenvalue weighted by atomic mass is 10.1. The van der Waals surface area contributed by atoms with E-state index in [1.807, 2.05) is 23.6 Å². The van der Waals surface area contributed by atoms with E-state index >= 15 is 0 Å². The zero-order valence-corrected chi connectivity index (χ0v) is 10.6. The van der Waals surface area contributed by atoms with Gasteiger partial charge in [-0.15, -0.1) is 16.4 Å². The molecule has 0 spiro atoms. The van der Waals surface area contributed by atoms with Crippen LogP contribution in [-0.4, -0.2) is 20.5 Å². The standard InChI is InChI=1S/C12H9N5OS/c13-9-5-19-12-15-11(16-17(9)12)6-1-2-8-7(3-6)4-10(18)14-8/h1-3,5H,4,13H2,(H,14,18). The molecule has 4 rings (SSSR count). The number of thiazole rings is 1. The third-order valence-corrected chi connectivity index (χ3v) is 3.93. The molecular formula is C12H9N5OS. The molecule has 3 aromatic rings. The van der Waals surface area contributed by atoms with Crippen molar-refractivity contribution in [3.8, 4) is 11.4 Å². The van der Waals surface area contributed by atoms with E-state index in [-0.39, 0.29) is 5.91 Å². The van der Waals surface area contributed by atoms with Gasteiger partial charge in [0.25, 0.3) is 0 Å². The summed E-state index contributed by atoms with van der Waals surface area (Å²) >= 11 is 1.45. The van der Waals surface area contributed by atoms with Gasteiger partial charge >= 0.3 is 0 Å². The Morgan fingerprint density at radius 2 is 2.32 bits per heavy atom. The van der Waals surface area contributed by atoms with E-state index in [9.17, 15) is 4.79 Å². The van der Waals surface area contributed by atoms with E-state index in [1.165, 1.54) is 11.3 Å². The number of nitrogen functional groups attached to an aromatic ring is 1. The number of nitrogens with one attached hydrogen (secondary N) is 1. The lowest BCUT2D eigenvalue weighted by Gasteiger charge is -2.00. The molecule has 1 aliphatic rings. The summed E-state index contributed by atoms with van der Waals surface area (Å²) in [4.78, 5) is 16.5. The predicted octanol–water partition coefficient (Wildman–Crippen LogP) is 1.53. The highest BCUT2D eigenvalue weighted by atomic mass is 32.1. The van der Waals surface area contributed by atoms with Gasteiger partial charge in [-0.3, -0.25) is 4.79 Å². The summed E-state index contributed by atoms with van der Waals surface area (Å²) in [5.74, 6) is 1.23. The average molecular weight is 271 g/mol. The number of nitrogens with two attached hydrogens (primary N) is 1. The molecule has 2 aromatic heterocycles. The van der Waals surface area contributed by atoms with E-state index < -0.39 is 0 Å². The van der Waals surface area contributed by atoms with Crippen LogP contribution in [0.25, 0.3) is 16.3 Å². The number of fused-ring (bicyclic) bond motifs is 2. The van der Waals surface area contributed by atoms with E-state index in [4.69, 9.17) is 5.73 Å². The molecule has 0 saturated heterocycles. The van der Waals surface area contributed by atoms with Crippen LogP contribution < -0.4 is 11.1 Å². The molecule has 3 heterocycles. The maximum atomic E-state index is 11.3. The summed E-state index contributed by atoms with van der Waals surface area (Å²) in [5.41, 5.74) is 8.54. The minimum atomic E-state index is 0.0233. The number of hydrogen-bond donors (Lipinski definition) is 2. The third-order valence-electron chi connectivity index (χ3n) is 3.10. The fourth-order valence-corrected chi connectivity index (χ4v) is 2.91. The number of rotatable bonds is 1. The number of aromatic nitrogens is 3. The molecule has 0 saturated carbocycles. The van der Waals surface area contributed by atoms with Crippen LogP contribution in [0.2, 0.25) is 0 Å². The fourth-order valence-electron chi connectivity index (χ4n) is 2.20. The number of anilines is 2. The Balaban J connectivity index is 1.84. The Morgan fingerprint density at radius 3 is 3.16 bits per heavy atom. The number of amides is 1. The summed E-state index contributed by atoms with van der Waals surface area (Å²) < 4.78 is 1.62. The molecule has 1 aliphatic heterocycles. The highest BCUT2D eigenvalue weighted by Gasteiger charge is 2.19. The van der Waals surface area contributed by atoms with E-state index in [2.05, 4.69) is 15.4 Å². The third kappa shape index (κ3) is 1.52. The van der Waals surface area contributed by atoms with Crippen LogP contribution in [0.5, 0.6) is 0 Å². The van der Waals surface area contributed by atoms with E-state index in [0.717, 1.165) is 21.8 Å². The van der Waals surface area contributed by atoms with Crippen LogP contribution in [-0.2, 0) is 11.2 Å². The minimum absolute atomic E-state index is 0.0233. The van der Waals surface area contributed by atoms with Crippen molar-refractivity contribution >= 4 is 33.7 Å². The normalized spacial score (nSPS) is 13.8. The van der Waals surface area contributed by atoms with Gasteiger partial charge in [0.05, 0.1) is 6.42 Å². The second-order valence-corrected chi connectivity index (χ2v) is 5.22. The predicted molar refractivity (Wildman–Crippen MR) is 73.0 cm³/mol. The van der Waals surface area contributed by atoms with Crippen molar-refractivity contribution in [2.24, 2.45) is 0 Å². The maximum Gasteiger partial charge on any atom is 0.228 e. The van der Waals surface area contributed by atoms with Crippen molar-refractivity contribution in [1.82, 2.24) is 14.6 Å². The Hall–Kier alpha value is -2.41. The molecule has 19 heavy (non-hydrogen) atoms. The second kappa shape index (κ2) is 3.55. The first-order chi connectivity index (χ1) is 9.20. The Labute approximate surface area is 111 Å². The van der Waals surface area contributed by atoms with Crippen molar-refractivity contribution in [3.63, 3.8) is 0 Å². The molecular weight excluding hydrogens is 262 g/mol. The molecule has 0 radical (unpaired) electrons. The van der Waals surface area contributed by atoms with Crippen molar-refractivity contribution in [1.29, 1.82) is 0 Å². The molecule has 0 aliphatic carbocycles. The Kier molecular flexibility index (Phi) is 1.96. The first kappa shape index (κ1) is 10.5. The number of carbonyl (C=O) groups is 1. The molecule has 1 aromatic carbocycles. The van der Waals surface area contributed by atoms with Crippen molar-refractivity contribution in [3.05, 3.63) is 29.1 Å². The molecule has 0 fully saturated rings. The number of benzene rings is 1. The molecule has 0 unspecified atom stereocenters. The first-order valence-corrected chi connectivity index (χ1v) is 6.61. The van der Waals surface area contributed by atoms with Gasteiger partial charge in [0.15, 0.2) is 5.82 Å². The molecule has 1 amide bonds. The summed E-state index contributed by atoms with van der Waals surface area (Å²) in [6.07, 6.45) is 0.410. The summed E-state index contributed by atoms with van der Waals surface area (Å²) in [7, 11) is 0. The van der Waals surface area contributed by atoms with Gasteiger partial charge in [-0.2, -0.15) is 9.50 Å². The van der Waals surface area contributed by atoms with Gasteiger partial charge in [0, 0.05) is 16.6 Å². The lowest BCUT2D eigenvalue weighted by Crippen LogP contribution is -2.03. The topological polar surface area (TPSA) is 85.3 Å². The summed E-state index contributed by atoms with van der Waals surface area (Å²) in [6.45, 7) is 0. The number of carbonyl (C=O) groups excluding carboxylic acids is 1. The van der Waals surface area contributed by atoms with E-state index in [1.54, 1.807) is 4.52 Å². The van der Waals surface area contributed by atoms with Gasteiger partial charge in [-0.05, 0) is 23.8 Å². The SMILES string of the molecule is Nc1csc2nc(-c3ccc4c(c3)CC(=O)N4)nn12. The smallest absolute Gasteiger partial charge is 0.228 e. The molecule has 3 N–H and O–H groups in total. The highest BCUT2D eigenvalue weighted by molar-refractivity contribution is 7.15. The van der Waals surface area contributed by atoms with E-state index in [0.29, 0.717) is 18.1 Å². The van der Waals surface area contributed by atoms with Gasteiger partial charge in [0.2, 0.25) is 10.9 Å². The van der Waals surface area contributed by atoms with Crippen LogP contribution in [0.1, 0.15) is 5.56 Å². The van der Waals surface area contributed by atoms with Crippen LogP contribution in [0, 0.1) is 0 Å². The number of hydrogen-bond acceptors (Lipinski definition) is 5. The maximum absolute atomic E-state index is 11.3. The molecule has 0 bridgehead atoms. The van der Waals surface area contributed by atoms with Crippen LogP contribution >= 0.6 is 11.3 Å². The quantitative estimate of drug-likeness (QED) is 0.703. The summed E-state index contributed by atoms with van der Waals surface area (Å²) in [6, 6.07) is 5.73. The van der Waals surface area contributed by atoms with Crippen LogP contribution in [0.3, 0.4) is 0 Å². The van der Waals surface area contributed by atoms with Gasteiger partial charge in [-0.1, -0.05) is 0 Å². The van der Waals surface area contributed by atoms with Crippen LogP contribution in [0.15, 0.2) is 23.6 Å². The van der Waals surface area contributed by atoms with Crippen molar-refractivity contribution in [2.45, 2.75) is 6.42 Å². The molecule has 7 heteroatoms. The van der Waals surface area contributed by atoms with Gasteiger partial charge in [-0.25, -0.2) is 0 Å². The zero-order chi connectivity index (χ0) is 13.0. The Morgan fingerprint density at radius 1 is 1.42 bits per heavy atom. The van der Waals surface area contributed by atoms with Crippen molar-refractivity contribution < 1.29 is 4.79 Å². The second-order valence-electron chi connectivity index (χ2n) is 4.39. The largest absolute Gasteiger partial charge is 0.383 e. The summed E-state index contributed by atoms with van der Waals surface area (Å²) in [5, 5.41) is 8.99. The number of nitrogens with zero attached hydrogens (tertiary/aromatic N) is 3. The minimum Gasteiger partial charge on any atom is -0.383 e. The molecule has 0 atom stereocenters. The van der Waals surface area contributed by atoms with Gasteiger partial charge < -0.3 is 11.1 Å². The molecule has 6 nitrogen and oxygen atoms in total.